The van der Waals surface area contributed by atoms with Crippen LogP contribution in [0.1, 0.15) is 83.3 Å². The van der Waals surface area contributed by atoms with Crippen LogP contribution in [0.2, 0.25) is 0 Å². The highest BCUT2D eigenvalue weighted by atomic mass is 16.6. The second-order valence-corrected chi connectivity index (χ2v) is 9.78. The highest BCUT2D eigenvalue weighted by Crippen LogP contribution is 2.33. The maximum absolute atomic E-state index is 12.7. The molecular weight excluding hydrogens is 444 g/mol. The molecule has 0 aromatic heterocycles. The summed E-state index contributed by atoms with van der Waals surface area (Å²) in [6, 6.07) is 5.06. The van der Waals surface area contributed by atoms with Crippen molar-refractivity contribution in [2.45, 2.75) is 89.4 Å². The number of fused-ring (bicyclic) bond motifs is 1. The maximum Gasteiger partial charge on any atom is 0.220 e. The number of carbonyl (C=O) groups is 1. The highest BCUT2D eigenvalue weighted by molar-refractivity contribution is 5.76. The smallest absolute Gasteiger partial charge is 0.220 e. The lowest BCUT2D eigenvalue weighted by atomic mass is 9.85. The number of rotatable bonds is 8. The van der Waals surface area contributed by atoms with Gasteiger partial charge in [-0.2, -0.15) is 0 Å². The predicted octanol–water partition coefficient (Wildman–Crippen LogP) is 3.58. The van der Waals surface area contributed by atoms with Crippen molar-refractivity contribution in [2.24, 2.45) is 0 Å². The molecule has 194 valence electrons. The molecule has 2 atom stereocenters. The summed E-state index contributed by atoms with van der Waals surface area (Å²) < 4.78 is 11.3. The van der Waals surface area contributed by atoms with Gasteiger partial charge in [0.15, 0.2) is 11.5 Å². The van der Waals surface area contributed by atoms with Crippen LogP contribution in [0.3, 0.4) is 0 Å². The van der Waals surface area contributed by atoms with Crippen molar-refractivity contribution >= 4 is 5.91 Å². The van der Waals surface area contributed by atoms with Crippen molar-refractivity contribution in [3.63, 3.8) is 0 Å². The van der Waals surface area contributed by atoms with Gasteiger partial charge in [0.25, 0.3) is 0 Å². The van der Waals surface area contributed by atoms with Crippen molar-refractivity contribution in [3.8, 4) is 23.3 Å². The quantitative estimate of drug-likeness (QED) is 0.384. The van der Waals surface area contributed by atoms with Crippen molar-refractivity contribution in [3.05, 3.63) is 23.8 Å². The van der Waals surface area contributed by atoms with Gasteiger partial charge in [-0.3, -0.25) is 4.79 Å². The van der Waals surface area contributed by atoms with E-state index in [1.807, 2.05) is 18.2 Å². The summed E-state index contributed by atoms with van der Waals surface area (Å²) in [6.07, 6.45) is 7.71. The second kappa shape index (κ2) is 13.2. The predicted molar refractivity (Wildman–Crippen MR) is 136 cm³/mol. The van der Waals surface area contributed by atoms with Crippen LogP contribution in [0.4, 0.5) is 0 Å². The van der Waals surface area contributed by atoms with E-state index >= 15 is 0 Å². The molecule has 35 heavy (non-hydrogen) atoms. The maximum atomic E-state index is 12.7. The first-order chi connectivity index (χ1) is 16.5. The summed E-state index contributed by atoms with van der Waals surface area (Å²) in [5.41, 5.74) is -0.130. The molecule has 1 aliphatic carbocycles. The van der Waals surface area contributed by atoms with Gasteiger partial charge >= 0.3 is 0 Å². The number of aliphatic hydroxyl groups excluding tert-OH is 1. The van der Waals surface area contributed by atoms with Crippen LogP contribution in [-0.4, -0.2) is 65.5 Å². The minimum atomic E-state index is -0.847. The van der Waals surface area contributed by atoms with Crippen LogP contribution in [0.5, 0.6) is 11.5 Å². The molecule has 0 unspecified atom stereocenters. The number of unbranched alkanes of at least 4 members (excludes halogenated alkanes) is 1. The molecule has 4 rings (SSSR count). The fraction of sp³-hybridized carbons (Fsp3) is 0.679. The van der Waals surface area contributed by atoms with E-state index in [2.05, 4.69) is 22.1 Å². The number of benzene rings is 1. The van der Waals surface area contributed by atoms with Gasteiger partial charge in [-0.25, -0.2) is 0 Å². The third kappa shape index (κ3) is 7.86. The first-order valence-electron chi connectivity index (χ1n) is 12.8. The Morgan fingerprint density at radius 2 is 1.80 bits per heavy atom. The Morgan fingerprint density at radius 1 is 1.09 bits per heavy atom. The van der Waals surface area contributed by atoms with Crippen LogP contribution in [0.15, 0.2) is 18.2 Å². The molecule has 1 aromatic rings. The molecule has 7 heteroatoms. The number of hydrogen-bond donors (Lipinski definition) is 3. The van der Waals surface area contributed by atoms with Crippen LogP contribution in [0.25, 0.3) is 0 Å². The third-order valence-corrected chi connectivity index (χ3v) is 7.00. The molecule has 1 amide bonds. The number of nitrogens with zero attached hydrogens (tertiary/aromatic N) is 1. The summed E-state index contributed by atoms with van der Waals surface area (Å²) in [5, 5.41) is 24.7. The van der Waals surface area contributed by atoms with Gasteiger partial charge < -0.3 is 29.9 Å². The molecule has 1 saturated heterocycles. The Labute approximate surface area is 210 Å². The Balaban J connectivity index is 0.00000342. The van der Waals surface area contributed by atoms with Gasteiger partial charge in [-0.1, -0.05) is 25.8 Å². The molecule has 1 saturated carbocycles. The number of ether oxygens (including phenoxy) is 2. The number of hydrogen-bond acceptors (Lipinski definition) is 6. The zero-order valence-corrected chi connectivity index (χ0v) is 20.1. The van der Waals surface area contributed by atoms with E-state index in [9.17, 15) is 15.0 Å². The monoisotopic (exact) mass is 486 g/mol. The van der Waals surface area contributed by atoms with Gasteiger partial charge in [-0.15, -0.1) is 5.92 Å². The second-order valence-electron chi connectivity index (χ2n) is 9.78. The number of amides is 1. The molecule has 3 N–H and O–H groups in total. The largest absolute Gasteiger partial charge is 0.486 e. The number of carbonyl (C=O) groups excluding carboxylic acids is 1. The van der Waals surface area contributed by atoms with E-state index < -0.39 is 17.7 Å². The fourth-order valence-electron chi connectivity index (χ4n) is 5.05. The Bertz CT molecular complexity index is 881. The lowest BCUT2D eigenvalue weighted by Crippen LogP contribution is -2.46. The van der Waals surface area contributed by atoms with Crippen molar-refractivity contribution in [2.75, 3.05) is 32.8 Å². The molecule has 3 aliphatic rings. The molecule has 1 aromatic carbocycles. The van der Waals surface area contributed by atoms with Crippen molar-refractivity contribution < 1.29 is 24.5 Å². The van der Waals surface area contributed by atoms with E-state index in [1.54, 1.807) is 0 Å². The number of aliphatic hydroxyl groups is 2. The molecule has 2 heterocycles. The van der Waals surface area contributed by atoms with Crippen molar-refractivity contribution in [1.82, 2.24) is 10.2 Å². The normalized spacial score (nSPS) is 20.6. The van der Waals surface area contributed by atoms with E-state index in [4.69, 9.17) is 9.47 Å². The molecular formula is C28H42N2O5. The number of nitrogens with one attached hydrogen (secondary N) is 1. The zero-order valence-electron chi connectivity index (χ0n) is 20.1. The molecule has 7 nitrogen and oxygen atoms in total. The van der Waals surface area contributed by atoms with Crippen LogP contribution < -0.4 is 14.8 Å². The van der Waals surface area contributed by atoms with E-state index in [1.165, 1.54) is 6.42 Å². The fourth-order valence-corrected chi connectivity index (χ4v) is 5.05. The van der Waals surface area contributed by atoms with Gasteiger partial charge in [0.05, 0.1) is 6.04 Å². The number of likely N-dealkylation sites (tertiary alicyclic amines) is 1. The van der Waals surface area contributed by atoms with Gasteiger partial charge in [0.2, 0.25) is 5.91 Å². The first-order valence-corrected chi connectivity index (χ1v) is 12.8. The first kappa shape index (κ1) is 27.3. The lowest BCUT2D eigenvalue weighted by Gasteiger charge is -2.29. The molecule has 0 bridgehead atoms. The average molecular weight is 487 g/mol. The highest BCUT2D eigenvalue weighted by Gasteiger charge is 2.28. The van der Waals surface area contributed by atoms with E-state index in [0.717, 1.165) is 51.6 Å². The van der Waals surface area contributed by atoms with E-state index in [-0.39, 0.29) is 13.3 Å². The van der Waals surface area contributed by atoms with Crippen LogP contribution in [-0.2, 0) is 4.79 Å². The zero-order chi connectivity index (χ0) is 23.8. The molecule has 0 spiro atoms. The Kier molecular flexibility index (Phi) is 10.3. The summed E-state index contributed by atoms with van der Waals surface area (Å²) in [5.74, 6) is 7.34. The summed E-state index contributed by atoms with van der Waals surface area (Å²) in [6.45, 7) is 3.58. The van der Waals surface area contributed by atoms with Crippen molar-refractivity contribution in [1.29, 1.82) is 0 Å². The van der Waals surface area contributed by atoms with Gasteiger partial charge in [0, 0.05) is 19.4 Å². The molecule has 0 radical (unpaired) electrons. The van der Waals surface area contributed by atoms with Crippen LogP contribution in [0, 0.1) is 11.8 Å². The topological polar surface area (TPSA) is 91.3 Å². The molecule has 2 fully saturated rings. The van der Waals surface area contributed by atoms with Gasteiger partial charge in [-0.05, 0) is 75.7 Å². The minimum absolute atomic E-state index is 0. The standard InChI is InChI=1S/C27H38N2O5.CH4/c30-25(9-3-1-4-12-27(32)13-5-2-6-14-27)28-22(20-29-15-7-8-16-29)26(31)21-10-11-23-24(19-21)34-18-17-33-23;/h10-11,19,22,26,31-32H,1-3,5-9,13-18,20H2,(H,28,30);1H4/t22-,26-;/m1./s1. The van der Waals surface area contributed by atoms with E-state index in [0.29, 0.717) is 56.1 Å². The Morgan fingerprint density at radius 3 is 2.54 bits per heavy atom. The minimum Gasteiger partial charge on any atom is -0.486 e. The third-order valence-electron chi connectivity index (χ3n) is 7.00. The van der Waals surface area contributed by atoms with Crippen LogP contribution >= 0.6 is 0 Å². The van der Waals surface area contributed by atoms with Gasteiger partial charge in [0.1, 0.15) is 24.9 Å². The summed E-state index contributed by atoms with van der Waals surface area (Å²) in [4.78, 5) is 15.0. The lowest BCUT2D eigenvalue weighted by molar-refractivity contribution is -0.123. The average Bonchev–Trinajstić information content (AvgIpc) is 3.36. The summed E-state index contributed by atoms with van der Waals surface area (Å²) >= 11 is 0. The summed E-state index contributed by atoms with van der Waals surface area (Å²) in [7, 11) is 0. The molecule has 2 aliphatic heterocycles. The SMILES string of the molecule is C.O=C(CCCC#CC1(O)CCCCC1)N[C@H](CN1CCCC1)[C@H](O)c1ccc2c(c1)OCCO2. The Hall–Kier alpha value is -2.27.